The lowest BCUT2D eigenvalue weighted by Crippen LogP contribution is -2.43. The predicted molar refractivity (Wildman–Crippen MR) is 130 cm³/mol. The number of fused-ring (bicyclic) bond motifs is 4. The van der Waals surface area contributed by atoms with E-state index < -0.39 is 0 Å². The Morgan fingerprint density at radius 2 is 1.94 bits per heavy atom. The molecule has 0 bridgehead atoms. The first kappa shape index (κ1) is 21.6. The lowest BCUT2D eigenvalue weighted by Gasteiger charge is -2.42. The molecule has 2 aliphatic carbocycles. The number of hydrogen-bond acceptors (Lipinski definition) is 4. The summed E-state index contributed by atoms with van der Waals surface area (Å²) >= 11 is 1.70. The van der Waals surface area contributed by atoms with E-state index in [4.69, 9.17) is 9.40 Å². The molecule has 0 saturated heterocycles. The molecule has 2 aliphatic rings. The van der Waals surface area contributed by atoms with Crippen LogP contribution in [0.3, 0.4) is 0 Å². The second-order valence-electron chi connectivity index (χ2n) is 9.79. The molecule has 168 valence electrons. The number of aromatic nitrogens is 2. The van der Waals surface area contributed by atoms with Crippen LogP contribution in [0.25, 0.3) is 11.3 Å². The maximum Gasteiger partial charge on any atom is 0.258 e. The molecule has 1 aromatic carbocycles. The predicted octanol–water partition coefficient (Wildman–Crippen LogP) is 6.45. The molecule has 1 fully saturated rings. The van der Waals surface area contributed by atoms with Crippen molar-refractivity contribution in [1.82, 2.24) is 9.55 Å². The second-order valence-corrected chi connectivity index (χ2v) is 10.9. The quantitative estimate of drug-likeness (QED) is 0.321. The van der Waals surface area contributed by atoms with E-state index >= 15 is 0 Å². The van der Waals surface area contributed by atoms with Crippen LogP contribution in [0.4, 0.5) is 0 Å². The fourth-order valence-electron chi connectivity index (χ4n) is 5.42. The SMILES string of the molecule is CC(C)CCSc1nc2c(c(=O)n1Cc1ccco1)C1(CCCCC1)Cc1ccccc1-2. The van der Waals surface area contributed by atoms with Crippen LogP contribution in [0.15, 0.2) is 57.0 Å². The lowest BCUT2D eigenvalue weighted by atomic mass is 9.62. The molecule has 3 aromatic rings. The van der Waals surface area contributed by atoms with E-state index in [1.54, 1.807) is 18.0 Å². The molecule has 4 nitrogen and oxygen atoms in total. The summed E-state index contributed by atoms with van der Waals surface area (Å²) in [6.07, 6.45) is 9.51. The third-order valence-corrected chi connectivity index (χ3v) is 8.11. The average molecular weight is 449 g/mol. The number of furan rings is 1. The molecule has 0 radical (unpaired) electrons. The Morgan fingerprint density at radius 3 is 2.69 bits per heavy atom. The van der Waals surface area contributed by atoms with Crippen LogP contribution in [0, 0.1) is 5.92 Å². The van der Waals surface area contributed by atoms with Crippen LogP contribution in [-0.2, 0) is 18.4 Å². The molecule has 1 saturated carbocycles. The van der Waals surface area contributed by atoms with Gasteiger partial charge in [-0.05, 0) is 49.3 Å². The molecule has 0 amide bonds. The minimum Gasteiger partial charge on any atom is -0.467 e. The highest BCUT2D eigenvalue weighted by molar-refractivity contribution is 7.99. The molecular weight excluding hydrogens is 416 g/mol. The highest BCUT2D eigenvalue weighted by Gasteiger charge is 2.43. The van der Waals surface area contributed by atoms with E-state index in [1.807, 2.05) is 16.7 Å². The molecule has 2 heterocycles. The fourth-order valence-corrected chi connectivity index (χ4v) is 6.65. The number of hydrogen-bond donors (Lipinski definition) is 0. The molecule has 5 heteroatoms. The van der Waals surface area contributed by atoms with E-state index in [0.29, 0.717) is 12.5 Å². The van der Waals surface area contributed by atoms with E-state index in [-0.39, 0.29) is 11.0 Å². The molecule has 1 spiro atoms. The highest BCUT2D eigenvalue weighted by Crippen LogP contribution is 2.48. The molecule has 0 unspecified atom stereocenters. The fraction of sp³-hybridized carbons (Fsp3) is 0.481. The first-order chi connectivity index (χ1) is 15.6. The topological polar surface area (TPSA) is 48.0 Å². The minimum absolute atomic E-state index is 0.0853. The van der Waals surface area contributed by atoms with Crippen LogP contribution in [0.2, 0.25) is 0 Å². The van der Waals surface area contributed by atoms with Gasteiger partial charge >= 0.3 is 0 Å². The van der Waals surface area contributed by atoms with Gasteiger partial charge in [-0.15, -0.1) is 0 Å². The Balaban J connectivity index is 1.69. The molecule has 0 N–H and O–H groups in total. The molecule has 0 aliphatic heterocycles. The average Bonchev–Trinajstić information content (AvgIpc) is 3.29. The standard InChI is InChI=1S/C27H32N2O2S/c1-19(2)12-16-32-26-28-24-22-11-5-4-9-20(22)17-27(13-6-3-7-14-27)23(24)25(30)29(26)18-21-10-8-15-31-21/h4-5,8-11,15,19H,3,6-7,12-14,16-18H2,1-2H3. The first-order valence-corrected chi connectivity index (χ1v) is 12.9. The van der Waals surface area contributed by atoms with Gasteiger partial charge in [-0.25, -0.2) is 4.98 Å². The largest absolute Gasteiger partial charge is 0.467 e. The third kappa shape index (κ3) is 3.96. The van der Waals surface area contributed by atoms with Crippen molar-refractivity contribution in [2.75, 3.05) is 5.75 Å². The van der Waals surface area contributed by atoms with Crippen molar-refractivity contribution in [2.45, 2.75) is 75.9 Å². The van der Waals surface area contributed by atoms with E-state index in [9.17, 15) is 4.79 Å². The van der Waals surface area contributed by atoms with Crippen LogP contribution in [-0.4, -0.2) is 15.3 Å². The Bertz CT molecular complexity index is 1140. The zero-order chi connectivity index (χ0) is 22.1. The normalized spacial score (nSPS) is 16.8. The molecule has 0 atom stereocenters. The first-order valence-electron chi connectivity index (χ1n) is 12.0. The smallest absolute Gasteiger partial charge is 0.258 e. The van der Waals surface area contributed by atoms with Crippen molar-refractivity contribution in [1.29, 1.82) is 0 Å². The van der Waals surface area contributed by atoms with Gasteiger partial charge in [0.25, 0.3) is 5.56 Å². The number of rotatable bonds is 6. The van der Waals surface area contributed by atoms with Crippen molar-refractivity contribution in [2.24, 2.45) is 5.92 Å². The monoisotopic (exact) mass is 448 g/mol. The van der Waals surface area contributed by atoms with Crippen LogP contribution in [0.1, 0.15) is 69.3 Å². The van der Waals surface area contributed by atoms with Gasteiger partial charge < -0.3 is 4.42 Å². The maximum absolute atomic E-state index is 14.2. The Morgan fingerprint density at radius 1 is 1.12 bits per heavy atom. The Hall–Kier alpha value is -2.27. The van der Waals surface area contributed by atoms with E-state index in [0.717, 1.165) is 59.2 Å². The lowest BCUT2D eigenvalue weighted by molar-refractivity contribution is 0.282. The summed E-state index contributed by atoms with van der Waals surface area (Å²) in [4.78, 5) is 19.4. The molecule has 32 heavy (non-hydrogen) atoms. The minimum atomic E-state index is -0.0853. The van der Waals surface area contributed by atoms with Crippen molar-refractivity contribution in [3.05, 3.63) is 69.9 Å². The van der Waals surface area contributed by atoms with Gasteiger partial charge in [0.15, 0.2) is 5.16 Å². The zero-order valence-electron chi connectivity index (χ0n) is 19.1. The van der Waals surface area contributed by atoms with Gasteiger partial charge in [-0.2, -0.15) is 0 Å². The summed E-state index contributed by atoms with van der Waals surface area (Å²) < 4.78 is 7.51. The van der Waals surface area contributed by atoms with Gasteiger partial charge in [0, 0.05) is 16.7 Å². The van der Waals surface area contributed by atoms with Gasteiger partial charge in [0.2, 0.25) is 0 Å². The Kier molecular flexibility index (Phi) is 6.02. The summed E-state index contributed by atoms with van der Waals surface area (Å²) in [5.41, 5.74) is 4.42. The number of thioether (sulfide) groups is 1. The number of nitrogens with zero attached hydrogens (tertiary/aromatic N) is 2. The van der Waals surface area contributed by atoms with Gasteiger partial charge in [0.1, 0.15) is 5.76 Å². The molecule has 5 rings (SSSR count). The van der Waals surface area contributed by atoms with E-state index in [1.165, 1.54) is 24.8 Å². The highest BCUT2D eigenvalue weighted by atomic mass is 32.2. The third-order valence-electron chi connectivity index (χ3n) is 7.10. The summed E-state index contributed by atoms with van der Waals surface area (Å²) in [6.45, 7) is 4.91. The summed E-state index contributed by atoms with van der Waals surface area (Å²) in [5.74, 6) is 2.37. The van der Waals surface area contributed by atoms with Gasteiger partial charge in [0.05, 0.1) is 24.1 Å². The van der Waals surface area contributed by atoms with Crippen molar-refractivity contribution in [3.8, 4) is 11.3 Å². The summed E-state index contributed by atoms with van der Waals surface area (Å²) in [7, 11) is 0. The van der Waals surface area contributed by atoms with Crippen LogP contribution < -0.4 is 5.56 Å². The molecular formula is C27H32N2O2S. The maximum atomic E-state index is 14.2. The van der Waals surface area contributed by atoms with Gasteiger partial charge in [-0.3, -0.25) is 9.36 Å². The number of benzene rings is 1. The van der Waals surface area contributed by atoms with Crippen LogP contribution >= 0.6 is 11.8 Å². The zero-order valence-corrected chi connectivity index (χ0v) is 19.9. The second kappa shape index (κ2) is 8.93. The van der Waals surface area contributed by atoms with Crippen molar-refractivity contribution >= 4 is 11.8 Å². The molecule has 2 aromatic heterocycles. The van der Waals surface area contributed by atoms with Crippen molar-refractivity contribution in [3.63, 3.8) is 0 Å². The summed E-state index contributed by atoms with van der Waals surface area (Å²) in [6, 6.07) is 12.4. The Labute approximate surface area is 194 Å². The van der Waals surface area contributed by atoms with Crippen molar-refractivity contribution < 1.29 is 4.42 Å². The van der Waals surface area contributed by atoms with Gasteiger partial charge in [-0.1, -0.05) is 69.1 Å². The van der Waals surface area contributed by atoms with Crippen LogP contribution in [0.5, 0.6) is 0 Å². The summed E-state index contributed by atoms with van der Waals surface area (Å²) in [5, 5.41) is 0.813. The van der Waals surface area contributed by atoms with E-state index in [2.05, 4.69) is 38.1 Å².